The Hall–Kier alpha value is -0.530. The second-order valence-corrected chi connectivity index (χ2v) is 6.68. The molecule has 1 aliphatic rings. The fourth-order valence-electron chi connectivity index (χ4n) is 3.51. The molecule has 3 unspecified atom stereocenters. The molecule has 2 rings (SSSR count). The van der Waals surface area contributed by atoms with E-state index in [-0.39, 0.29) is 0 Å². The fourth-order valence-corrected chi connectivity index (χ4v) is 3.70. The van der Waals surface area contributed by atoms with E-state index in [0.29, 0.717) is 5.92 Å². The van der Waals surface area contributed by atoms with Crippen molar-refractivity contribution in [1.82, 2.24) is 5.32 Å². The normalized spacial score (nSPS) is 26.7. The van der Waals surface area contributed by atoms with E-state index in [4.69, 9.17) is 11.6 Å². The number of nitrogens with one attached hydrogen (secondary N) is 1. The van der Waals surface area contributed by atoms with Crippen LogP contribution in [0, 0.1) is 18.8 Å². The molecule has 0 amide bonds. The highest BCUT2D eigenvalue weighted by molar-refractivity contribution is 6.31. The Balaban J connectivity index is 2.18. The van der Waals surface area contributed by atoms with Gasteiger partial charge in [-0.25, -0.2) is 0 Å². The van der Waals surface area contributed by atoms with Crippen LogP contribution in [0.1, 0.15) is 56.6 Å². The number of rotatable bonds is 5. The van der Waals surface area contributed by atoms with E-state index in [0.717, 1.165) is 29.9 Å². The molecule has 1 aromatic carbocycles. The van der Waals surface area contributed by atoms with Crippen molar-refractivity contribution < 1.29 is 0 Å². The van der Waals surface area contributed by atoms with Crippen molar-refractivity contribution in [2.24, 2.45) is 11.8 Å². The molecule has 1 nitrogen and oxygen atoms in total. The molecule has 0 aliphatic heterocycles. The van der Waals surface area contributed by atoms with Gasteiger partial charge in [0, 0.05) is 5.02 Å². The minimum Gasteiger partial charge on any atom is -0.317 e. The zero-order chi connectivity index (χ0) is 14.5. The minimum absolute atomic E-state index is 0.672. The maximum atomic E-state index is 6.34. The molecule has 2 heteroatoms. The summed E-state index contributed by atoms with van der Waals surface area (Å²) in [7, 11) is 0. The maximum Gasteiger partial charge on any atom is 0.0438 e. The summed E-state index contributed by atoms with van der Waals surface area (Å²) in [5.74, 6) is 2.32. The average Bonchev–Trinajstić information content (AvgIpc) is 2.48. The Labute approximate surface area is 129 Å². The first kappa shape index (κ1) is 15.9. The van der Waals surface area contributed by atoms with Crippen LogP contribution in [-0.2, 0) is 0 Å². The molecule has 0 bridgehead atoms. The fraction of sp³-hybridized carbons (Fsp3) is 0.667. The molecule has 0 saturated heterocycles. The van der Waals surface area contributed by atoms with E-state index >= 15 is 0 Å². The van der Waals surface area contributed by atoms with E-state index in [9.17, 15) is 0 Å². The van der Waals surface area contributed by atoms with Crippen LogP contribution in [0.3, 0.4) is 0 Å². The molecule has 0 heterocycles. The van der Waals surface area contributed by atoms with Gasteiger partial charge in [-0.05, 0) is 67.8 Å². The number of benzene rings is 1. The van der Waals surface area contributed by atoms with Gasteiger partial charge in [-0.3, -0.25) is 0 Å². The Morgan fingerprint density at radius 1 is 1.25 bits per heavy atom. The maximum absolute atomic E-state index is 6.34. The SMILES string of the molecule is CCNCC1CCC(CC)CC1c1ccc(C)c(Cl)c1. The third-order valence-corrected chi connectivity index (χ3v) is 5.37. The van der Waals surface area contributed by atoms with Gasteiger partial charge in [0.05, 0.1) is 0 Å². The monoisotopic (exact) mass is 293 g/mol. The Morgan fingerprint density at radius 2 is 2.05 bits per heavy atom. The molecule has 0 radical (unpaired) electrons. The molecule has 1 N–H and O–H groups in total. The van der Waals surface area contributed by atoms with Crippen molar-refractivity contribution in [2.45, 2.75) is 52.4 Å². The predicted octanol–water partition coefficient (Wildman–Crippen LogP) is 5.17. The number of hydrogen-bond donors (Lipinski definition) is 1. The van der Waals surface area contributed by atoms with E-state index in [2.05, 4.69) is 44.3 Å². The molecule has 20 heavy (non-hydrogen) atoms. The van der Waals surface area contributed by atoms with Crippen molar-refractivity contribution in [1.29, 1.82) is 0 Å². The van der Waals surface area contributed by atoms with Gasteiger partial charge >= 0.3 is 0 Å². The highest BCUT2D eigenvalue weighted by Gasteiger charge is 2.30. The van der Waals surface area contributed by atoms with Gasteiger partial charge < -0.3 is 5.32 Å². The Bertz CT molecular complexity index is 429. The number of halogens is 1. The molecular weight excluding hydrogens is 266 g/mol. The highest BCUT2D eigenvalue weighted by Crippen LogP contribution is 2.42. The quantitative estimate of drug-likeness (QED) is 0.790. The van der Waals surface area contributed by atoms with Gasteiger partial charge in [-0.15, -0.1) is 0 Å². The Morgan fingerprint density at radius 3 is 2.70 bits per heavy atom. The lowest BCUT2D eigenvalue weighted by molar-refractivity contribution is 0.226. The van der Waals surface area contributed by atoms with E-state index in [1.807, 2.05) is 0 Å². The van der Waals surface area contributed by atoms with Gasteiger partial charge in [0.2, 0.25) is 0 Å². The summed E-state index contributed by atoms with van der Waals surface area (Å²) >= 11 is 6.34. The van der Waals surface area contributed by atoms with E-state index < -0.39 is 0 Å². The smallest absolute Gasteiger partial charge is 0.0438 e. The first-order valence-corrected chi connectivity index (χ1v) is 8.50. The molecule has 1 aromatic rings. The summed E-state index contributed by atoms with van der Waals surface area (Å²) in [6.45, 7) is 8.81. The third-order valence-electron chi connectivity index (χ3n) is 4.96. The molecule has 0 spiro atoms. The van der Waals surface area contributed by atoms with Crippen molar-refractivity contribution in [3.63, 3.8) is 0 Å². The summed E-state index contributed by atoms with van der Waals surface area (Å²) in [6, 6.07) is 6.68. The van der Waals surface area contributed by atoms with Gasteiger partial charge in [0.15, 0.2) is 0 Å². The number of hydrogen-bond acceptors (Lipinski definition) is 1. The second-order valence-electron chi connectivity index (χ2n) is 6.27. The first-order chi connectivity index (χ1) is 9.65. The second kappa shape index (κ2) is 7.47. The zero-order valence-corrected chi connectivity index (χ0v) is 13.8. The van der Waals surface area contributed by atoms with E-state index in [1.54, 1.807) is 0 Å². The minimum atomic E-state index is 0.672. The molecule has 3 atom stereocenters. The zero-order valence-electron chi connectivity index (χ0n) is 13.1. The van der Waals surface area contributed by atoms with E-state index in [1.165, 1.54) is 36.8 Å². The van der Waals surface area contributed by atoms with Crippen molar-refractivity contribution in [2.75, 3.05) is 13.1 Å². The molecule has 1 aliphatic carbocycles. The van der Waals surface area contributed by atoms with Gasteiger partial charge in [0.25, 0.3) is 0 Å². The Kier molecular flexibility index (Phi) is 5.92. The lowest BCUT2D eigenvalue weighted by Crippen LogP contribution is -2.32. The van der Waals surface area contributed by atoms with Crippen LogP contribution >= 0.6 is 11.6 Å². The largest absolute Gasteiger partial charge is 0.317 e. The molecule has 1 fully saturated rings. The summed E-state index contributed by atoms with van der Waals surface area (Å²) in [5.41, 5.74) is 2.63. The summed E-state index contributed by atoms with van der Waals surface area (Å²) in [6.07, 6.45) is 5.38. The van der Waals surface area contributed by atoms with Crippen molar-refractivity contribution in [3.05, 3.63) is 34.3 Å². The van der Waals surface area contributed by atoms with Crippen LogP contribution in [0.25, 0.3) is 0 Å². The standard InChI is InChI=1S/C18H28ClN/c1-4-14-7-9-16(12-20-5-2)17(10-14)15-8-6-13(3)18(19)11-15/h6,8,11,14,16-17,20H,4-5,7,9-10,12H2,1-3H3. The van der Waals surface area contributed by atoms with Crippen molar-refractivity contribution >= 4 is 11.6 Å². The molecule has 1 saturated carbocycles. The van der Waals surface area contributed by atoms with Crippen molar-refractivity contribution in [3.8, 4) is 0 Å². The predicted molar refractivity (Wildman–Crippen MR) is 88.6 cm³/mol. The average molecular weight is 294 g/mol. The highest BCUT2D eigenvalue weighted by atomic mass is 35.5. The van der Waals surface area contributed by atoms with Crippen LogP contribution in [0.2, 0.25) is 5.02 Å². The van der Waals surface area contributed by atoms with Crippen LogP contribution in [0.15, 0.2) is 18.2 Å². The molecule has 0 aromatic heterocycles. The van der Waals surface area contributed by atoms with Gasteiger partial charge in [0.1, 0.15) is 0 Å². The van der Waals surface area contributed by atoms with Crippen LogP contribution in [0.5, 0.6) is 0 Å². The summed E-state index contributed by atoms with van der Waals surface area (Å²) in [5, 5.41) is 4.46. The summed E-state index contributed by atoms with van der Waals surface area (Å²) in [4.78, 5) is 0. The van der Waals surface area contributed by atoms with Crippen LogP contribution in [-0.4, -0.2) is 13.1 Å². The lowest BCUT2D eigenvalue weighted by atomic mass is 9.70. The topological polar surface area (TPSA) is 12.0 Å². The van der Waals surface area contributed by atoms with Gasteiger partial charge in [-0.2, -0.15) is 0 Å². The first-order valence-electron chi connectivity index (χ1n) is 8.12. The summed E-state index contributed by atoms with van der Waals surface area (Å²) < 4.78 is 0. The molecule has 112 valence electrons. The number of aryl methyl sites for hydroxylation is 1. The molecular formula is C18H28ClN. The van der Waals surface area contributed by atoms with Crippen LogP contribution in [0.4, 0.5) is 0 Å². The third kappa shape index (κ3) is 3.77. The van der Waals surface area contributed by atoms with Gasteiger partial charge in [-0.1, -0.05) is 50.4 Å². The van der Waals surface area contributed by atoms with Crippen LogP contribution < -0.4 is 5.32 Å². The lowest BCUT2D eigenvalue weighted by Gasteiger charge is -2.36.